The highest BCUT2D eigenvalue weighted by Gasteiger charge is 2.30. The monoisotopic (exact) mass is 291 g/mol. The summed E-state index contributed by atoms with van der Waals surface area (Å²) < 4.78 is 5.95. The predicted molar refractivity (Wildman–Crippen MR) is 75.1 cm³/mol. The van der Waals surface area contributed by atoms with Gasteiger partial charge < -0.3 is 9.57 Å². The largest absolute Gasteiger partial charge is 0.377 e. The van der Waals surface area contributed by atoms with Crippen molar-refractivity contribution in [3.05, 3.63) is 24.3 Å². The van der Waals surface area contributed by atoms with Crippen LogP contribution in [0, 0.1) is 5.92 Å². The van der Waals surface area contributed by atoms with Gasteiger partial charge in [0.15, 0.2) is 5.69 Å². The summed E-state index contributed by atoms with van der Waals surface area (Å²) in [6.45, 7) is 1.48. The second-order valence-electron chi connectivity index (χ2n) is 5.69. The Labute approximate surface area is 124 Å². The van der Waals surface area contributed by atoms with Crippen molar-refractivity contribution >= 4 is 5.97 Å². The second-order valence-corrected chi connectivity index (χ2v) is 5.69. The summed E-state index contributed by atoms with van der Waals surface area (Å²) in [7, 11) is 0. The molecule has 0 aromatic carbocycles. The molecule has 114 valence electrons. The second kappa shape index (κ2) is 6.95. The Balaban J connectivity index is 1.50. The molecule has 3 rings (SSSR count). The first-order chi connectivity index (χ1) is 10.3. The number of aromatic nitrogens is 2. The van der Waals surface area contributed by atoms with E-state index in [9.17, 15) is 4.79 Å². The first kappa shape index (κ1) is 14.4. The lowest BCUT2D eigenvalue weighted by Crippen LogP contribution is -2.35. The molecule has 6 nitrogen and oxygen atoms in total. The predicted octanol–water partition coefficient (Wildman–Crippen LogP) is 2.18. The normalized spacial score (nSPS) is 23.5. The van der Waals surface area contributed by atoms with Crippen LogP contribution >= 0.6 is 0 Å². The third-order valence-electron chi connectivity index (χ3n) is 4.12. The van der Waals surface area contributed by atoms with Crippen LogP contribution in [0.3, 0.4) is 0 Å². The van der Waals surface area contributed by atoms with Crippen LogP contribution in [0.1, 0.15) is 49.0 Å². The van der Waals surface area contributed by atoms with Crippen LogP contribution in [0.15, 0.2) is 18.6 Å². The molecular formula is C15H21N3O3. The van der Waals surface area contributed by atoms with E-state index in [0.29, 0.717) is 12.5 Å². The van der Waals surface area contributed by atoms with Gasteiger partial charge >= 0.3 is 5.97 Å². The van der Waals surface area contributed by atoms with Gasteiger partial charge in [-0.05, 0) is 31.6 Å². The summed E-state index contributed by atoms with van der Waals surface area (Å²) in [6.07, 6.45) is 11.3. The molecule has 2 aliphatic rings. The number of rotatable bonds is 5. The lowest BCUT2D eigenvalue weighted by Gasteiger charge is -2.24. The van der Waals surface area contributed by atoms with E-state index in [2.05, 4.69) is 9.97 Å². The van der Waals surface area contributed by atoms with Crippen molar-refractivity contribution in [2.75, 3.05) is 13.2 Å². The minimum absolute atomic E-state index is 0.119. The van der Waals surface area contributed by atoms with E-state index in [1.54, 1.807) is 5.06 Å². The van der Waals surface area contributed by atoms with Crippen molar-refractivity contribution in [3.63, 3.8) is 0 Å². The molecule has 0 spiro atoms. The molecule has 1 aromatic rings. The van der Waals surface area contributed by atoms with Gasteiger partial charge in [-0.15, -0.1) is 5.06 Å². The zero-order valence-corrected chi connectivity index (χ0v) is 12.1. The van der Waals surface area contributed by atoms with Crippen molar-refractivity contribution in [2.24, 2.45) is 5.92 Å². The summed E-state index contributed by atoms with van der Waals surface area (Å²) >= 11 is 0. The summed E-state index contributed by atoms with van der Waals surface area (Å²) in [4.78, 5) is 25.2. The molecule has 2 fully saturated rings. The maximum Gasteiger partial charge on any atom is 0.377 e. The Bertz CT molecular complexity index is 462. The van der Waals surface area contributed by atoms with E-state index in [1.165, 1.54) is 44.3 Å². The molecule has 0 amide bonds. The van der Waals surface area contributed by atoms with Crippen LogP contribution in [0.4, 0.5) is 0 Å². The number of carbonyl (C=O) groups excluding carboxylic acids is 1. The van der Waals surface area contributed by atoms with Crippen LogP contribution in [0.2, 0.25) is 0 Å². The summed E-state index contributed by atoms with van der Waals surface area (Å²) in [5, 5.41) is 1.64. The molecule has 0 N–H and O–H groups in total. The third kappa shape index (κ3) is 3.77. The van der Waals surface area contributed by atoms with Gasteiger partial charge in [0.2, 0.25) is 0 Å². The minimum atomic E-state index is -0.473. The van der Waals surface area contributed by atoms with Gasteiger partial charge in [0.1, 0.15) is 6.23 Å². The molecule has 1 saturated carbocycles. The summed E-state index contributed by atoms with van der Waals surface area (Å²) in [5.74, 6) is 0.197. The first-order valence-electron chi connectivity index (χ1n) is 7.69. The zero-order valence-electron chi connectivity index (χ0n) is 12.1. The van der Waals surface area contributed by atoms with E-state index in [-0.39, 0.29) is 11.9 Å². The quantitative estimate of drug-likeness (QED) is 0.828. The SMILES string of the molecule is O=C(ON1CCC[C@@H]1OCC1CCCC1)c1cnccn1. The fourth-order valence-corrected chi connectivity index (χ4v) is 2.96. The lowest BCUT2D eigenvalue weighted by atomic mass is 10.1. The topological polar surface area (TPSA) is 64.5 Å². The number of hydroxylamine groups is 2. The van der Waals surface area contributed by atoms with Crippen molar-refractivity contribution in [2.45, 2.75) is 44.8 Å². The van der Waals surface area contributed by atoms with Crippen molar-refractivity contribution in [1.82, 2.24) is 15.0 Å². The molecule has 0 radical (unpaired) electrons. The van der Waals surface area contributed by atoms with Crippen molar-refractivity contribution in [3.8, 4) is 0 Å². The third-order valence-corrected chi connectivity index (χ3v) is 4.12. The average Bonchev–Trinajstić information content (AvgIpc) is 3.17. The Morgan fingerprint density at radius 3 is 2.86 bits per heavy atom. The fraction of sp³-hybridized carbons (Fsp3) is 0.667. The summed E-state index contributed by atoms with van der Waals surface area (Å²) in [5.41, 5.74) is 0.221. The van der Waals surface area contributed by atoms with E-state index < -0.39 is 5.97 Å². The van der Waals surface area contributed by atoms with Gasteiger partial charge in [0.25, 0.3) is 0 Å². The van der Waals surface area contributed by atoms with Gasteiger partial charge in [-0.1, -0.05) is 12.8 Å². The minimum Gasteiger partial charge on any atom is -0.360 e. The van der Waals surface area contributed by atoms with Gasteiger partial charge in [-0.25, -0.2) is 9.78 Å². The average molecular weight is 291 g/mol. The van der Waals surface area contributed by atoms with Crippen LogP contribution < -0.4 is 0 Å². The maximum atomic E-state index is 12.0. The number of hydrogen-bond acceptors (Lipinski definition) is 6. The maximum absolute atomic E-state index is 12.0. The molecule has 1 aliphatic heterocycles. The molecule has 0 unspecified atom stereocenters. The highest BCUT2D eigenvalue weighted by atomic mass is 16.7. The molecule has 1 atom stereocenters. The smallest absolute Gasteiger partial charge is 0.360 e. The number of carbonyl (C=O) groups is 1. The molecule has 2 heterocycles. The molecule has 0 bridgehead atoms. The van der Waals surface area contributed by atoms with Crippen LogP contribution in [-0.2, 0) is 9.57 Å². The molecule has 1 aliphatic carbocycles. The molecular weight excluding hydrogens is 270 g/mol. The Kier molecular flexibility index (Phi) is 4.77. The van der Waals surface area contributed by atoms with E-state index in [0.717, 1.165) is 19.4 Å². The molecule has 1 aromatic heterocycles. The Morgan fingerprint density at radius 2 is 2.10 bits per heavy atom. The zero-order chi connectivity index (χ0) is 14.5. The highest BCUT2D eigenvalue weighted by Crippen LogP contribution is 2.27. The fourth-order valence-electron chi connectivity index (χ4n) is 2.96. The Hall–Kier alpha value is -1.53. The number of hydrogen-bond donors (Lipinski definition) is 0. The number of nitrogens with zero attached hydrogens (tertiary/aromatic N) is 3. The number of ether oxygens (including phenoxy) is 1. The summed E-state index contributed by atoms with van der Waals surface area (Å²) in [6, 6.07) is 0. The standard InChI is InChI=1S/C15H21N3O3/c19-15(13-10-16-7-8-17-13)21-18-9-3-6-14(18)20-11-12-4-1-2-5-12/h7-8,10,12,14H,1-6,9,11H2/t14-/m0/s1. The van der Waals surface area contributed by atoms with Crippen LogP contribution in [0.5, 0.6) is 0 Å². The Morgan fingerprint density at radius 1 is 1.24 bits per heavy atom. The van der Waals surface area contributed by atoms with Crippen molar-refractivity contribution < 1.29 is 14.4 Å². The van der Waals surface area contributed by atoms with E-state index in [1.807, 2.05) is 0 Å². The molecule has 6 heteroatoms. The molecule has 21 heavy (non-hydrogen) atoms. The van der Waals surface area contributed by atoms with Gasteiger partial charge in [0, 0.05) is 18.9 Å². The van der Waals surface area contributed by atoms with E-state index in [4.69, 9.17) is 9.57 Å². The van der Waals surface area contributed by atoms with Crippen LogP contribution in [-0.4, -0.2) is 40.4 Å². The van der Waals surface area contributed by atoms with Gasteiger partial charge in [-0.2, -0.15) is 0 Å². The van der Waals surface area contributed by atoms with Gasteiger partial charge in [0.05, 0.1) is 12.8 Å². The van der Waals surface area contributed by atoms with Crippen molar-refractivity contribution in [1.29, 1.82) is 0 Å². The lowest BCUT2D eigenvalue weighted by molar-refractivity contribution is -0.198. The van der Waals surface area contributed by atoms with E-state index >= 15 is 0 Å². The highest BCUT2D eigenvalue weighted by molar-refractivity contribution is 5.86. The first-order valence-corrected chi connectivity index (χ1v) is 7.69. The molecule has 1 saturated heterocycles. The van der Waals surface area contributed by atoms with Gasteiger partial charge in [-0.3, -0.25) is 4.98 Å². The van der Waals surface area contributed by atoms with Crippen LogP contribution in [0.25, 0.3) is 0 Å².